The fraction of sp³-hybridized carbons (Fsp3) is 0.150. The molecule has 4 rings (SSSR count). The van der Waals surface area contributed by atoms with Crippen LogP contribution in [0.4, 0.5) is 20.2 Å². The third-order valence-corrected chi connectivity index (χ3v) is 4.45. The number of para-hydroxylation sites is 1. The van der Waals surface area contributed by atoms with Crippen molar-refractivity contribution in [2.45, 2.75) is 20.0 Å². The van der Waals surface area contributed by atoms with E-state index in [1.54, 1.807) is 32.0 Å². The first-order chi connectivity index (χ1) is 13.8. The summed E-state index contributed by atoms with van der Waals surface area (Å²) in [6.45, 7) is 3.24. The zero-order valence-corrected chi connectivity index (χ0v) is 15.5. The number of aromatic nitrogens is 2. The molecule has 0 aliphatic carbocycles. The Labute approximate surface area is 164 Å². The average Bonchev–Trinajstić information content (AvgIpc) is 3.04. The zero-order chi connectivity index (χ0) is 20.7. The summed E-state index contributed by atoms with van der Waals surface area (Å²) in [6, 6.07) is 8.27. The second-order valence-electron chi connectivity index (χ2n) is 6.59. The minimum atomic E-state index is -0.792. The molecule has 1 aromatic heterocycles. The SMILES string of the molecule is Cc1cn(-c2c(F)cccc2F)nc1C(=O)Nc1ccc2c(c1)NC(=O)C(C)O2. The lowest BCUT2D eigenvalue weighted by Gasteiger charge is -2.23. The molecule has 0 spiro atoms. The number of carbonyl (C=O) groups is 2. The van der Waals surface area contributed by atoms with Gasteiger partial charge in [-0.05, 0) is 44.2 Å². The normalized spacial score (nSPS) is 15.3. The maximum Gasteiger partial charge on any atom is 0.276 e. The molecule has 1 unspecified atom stereocenters. The van der Waals surface area contributed by atoms with Crippen molar-refractivity contribution in [3.8, 4) is 11.4 Å². The molecule has 1 aliphatic heterocycles. The summed E-state index contributed by atoms with van der Waals surface area (Å²) in [6.07, 6.45) is 0.770. The maximum absolute atomic E-state index is 14.0. The summed E-state index contributed by atoms with van der Waals surface area (Å²) in [4.78, 5) is 24.4. The Morgan fingerprint density at radius 1 is 1.24 bits per heavy atom. The first-order valence-corrected chi connectivity index (χ1v) is 8.77. The molecule has 9 heteroatoms. The Morgan fingerprint density at radius 3 is 2.69 bits per heavy atom. The Balaban J connectivity index is 1.59. The largest absolute Gasteiger partial charge is 0.479 e. The maximum atomic E-state index is 14.0. The first-order valence-electron chi connectivity index (χ1n) is 8.77. The predicted octanol–water partition coefficient (Wildman–Crippen LogP) is 3.43. The van der Waals surface area contributed by atoms with Crippen LogP contribution in [0.2, 0.25) is 0 Å². The van der Waals surface area contributed by atoms with E-state index in [9.17, 15) is 18.4 Å². The van der Waals surface area contributed by atoms with Crippen LogP contribution in [-0.4, -0.2) is 27.7 Å². The van der Waals surface area contributed by atoms with Crippen LogP contribution in [0.15, 0.2) is 42.6 Å². The Morgan fingerprint density at radius 2 is 1.97 bits per heavy atom. The molecule has 0 radical (unpaired) electrons. The number of ether oxygens (including phenoxy) is 1. The highest BCUT2D eigenvalue weighted by molar-refractivity contribution is 6.05. The number of benzene rings is 2. The molecule has 0 saturated heterocycles. The summed E-state index contributed by atoms with van der Waals surface area (Å²) < 4.78 is 34.5. The lowest BCUT2D eigenvalue weighted by atomic mass is 10.2. The zero-order valence-electron chi connectivity index (χ0n) is 15.5. The molecular weight excluding hydrogens is 382 g/mol. The molecular formula is C20H16F2N4O3. The molecule has 1 aliphatic rings. The van der Waals surface area contributed by atoms with Gasteiger partial charge in [0.1, 0.15) is 11.4 Å². The topological polar surface area (TPSA) is 85.3 Å². The van der Waals surface area contributed by atoms with Gasteiger partial charge in [-0.1, -0.05) is 6.07 Å². The van der Waals surface area contributed by atoms with Crippen LogP contribution in [-0.2, 0) is 4.79 Å². The van der Waals surface area contributed by atoms with Gasteiger partial charge in [0.05, 0.1) is 5.69 Å². The van der Waals surface area contributed by atoms with Gasteiger partial charge in [-0.15, -0.1) is 0 Å². The van der Waals surface area contributed by atoms with Crippen molar-refractivity contribution in [3.05, 3.63) is 65.5 Å². The average molecular weight is 398 g/mol. The van der Waals surface area contributed by atoms with E-state index >= 15 is 0 Å². The molecule has 148 valence electrons. The second kappa shape index (κ2) is 7.01. The first kappa shape index (κ1) is 18.6. The van der Waals surface area contributed by atoms with Gasteiger partial charge in [0.2, 0.25) is 0 Å². The van der Waals surface area contributed by atoms with E-state index in [0.29, 0.717) is 22.7 Å². The van der Waals surface area contributed by atoms with Gasteiger partial charge >= 0.3 is 0 Å². The van der Waals surface area contributed by atoms with Gasteiger partial charge < -0.3 is 15.4 Å². The van der Waals surface area contributed by atoms with Crippen molar-refractivity contribution in [2.75, 3.05) is 10.6 Å². The number of hydrogen-bond acceptors (Lipinski definition) is 4. The van der Waals surface area contributed by atoms with Crippen molar-refractivity contribution < 1.29 is 23.1 Å². The highest BCUT2D eigenvalue weighted by Gasteiger charge is 2.24. The number of aryl methyl sites for hydroxylation is 1. The fourth-order valence-corrected chi connectivity index (χ4v) is 2.98. The van der Waals surface area contributed by atoms with E-state index in [0.717, 1.165) is 16.8 Å². The third-order valence-electron chi connectivity index (χ3n) is 4.45. The molecule has 2 aromatic carbocycles. The van der Waals surface area contributed by atoms with E-state index in [-0.39, 0.29) is 17.3 Å². The number of amides is 2. The highest BCUT2D eigenvalue weighted by atomic mass is 19.1. The summed E-state index contributed by atoms with van der Waals surface area (Å²) in [5, 5.41) is 9.39. The quantitative estimate of drug-likeness (QED) is 0.708. The predicted molar refractivity (Wildman–Crippen MR) is 101 cm³/mol. The van der Waals surface area contributed by atoms with Crippen molar-refractivity contribution in [1.29, 1.82) is 0 Å². The Bertz CT molecular complexity index is 1120. The van der Waals surface area contributed by atoms with Crippen LogP contribution in [0, 0.1) is 18.6 Å². The monoisotopic (exact) mass is 398 g/mol. The summed E-state index contributed by atoms with van der Waals surface area (Å²) in [5.74, 6) is -1.94. The molecule has 3 aromatic rings. The van der Waals surface area contributed by atoms with Crippen LogP contribution in [0.3, 0.4) is 0 Å². The number of anilines is 2. The van der Waals surface area contributed by atoms with Gasteiger partial charge in [-0.2, -0.15) is 5.10 Å². The van der Waals surface area contributed by atoms with Gasteiger partial charge in [0.15, 0.2) is 23.4 Å². The fourth-order valence-electron chi connectivity index (χ4n) is 2.98. The number of nitrogens with one attached hydrogen (secondary N) is 2. The van der Waals surface area contributed by atoms with E-state index in [2.05, 4.69) is 15.7 Å². The van der Waals surface area contributed by atoms with E-state index in [1.165, 1.54) is 12.3 Å². The number of hydrogen-bond donors (Lipinski definition) is 2. The van der Waals surface area contributed by atoms with Gasteiger partial charge in [0.25, 0.3) is 11.8 Å². The van der Waals surface area contributed by atoms with Crippen molar-refractivity contribution >= 4 is 23.2 Å². The van der Waals surface area contributed by atoms with Crippen LogP contribution in [0.25, 0.3) is 5.69 Å². The minimum Gasteiger partial charge on any atom is -0.479 e. The molecule has 0 saturated carbocycles. The van der Waals surface area contributed by atoms with Crippen molar-refractivity contribution in [2.24, 2.45) is 0 Å². The number of rotatable bonds is 3. The van der Waals surface area contributed by atoms with E-state index in [1.807, 2.05) is 0 Å². The Hall–Kier alpha value is -3.75. The number of carbonyl (C=O) groups excluding carboxylic acids is 2. The molecule has 2 N–H and O–H groups in total. The summed E-state index contributed by atoms with van der Waals surface area (Å²) in [5.41, 5.74) is 0.921. The molecule has 7 nitrogen and oxygen atoms in total. The van der Waals surface area contributed by atoms with E-state index in [4.69, 9.17) is 4.74 Å². The number of nitrogens with zero attached hydrogens (tertiary/aromatic N) is 2. The van der Waals surface area contributed by atoms with E-state index < -0.39 is 23.6 Å². The molecule has 2 amide bonds. The van der Waals surface area contributed by atoms with Crippen molar-refractivity contribution in [3.63, 3.8) is 0 Å². The molecule has 1 atom stereocenters. The highest BCUT2D eigenvalue weighted by Crippen LogP contribution is 2.32. The molecule has 0 bridgehead atoms. The van der Waals surface area contributed by atoms with Gasteiger partial charge in [0, 0.05) is 17.4 Å². The van der Waals surface area contributed by atoms with Crippen LogP contribution in [0.5, 0.6) is 5.75 Å². The van der Waals surface area contributed by atoms with Gasteiger partial charge in [-0.3, -0.25) is 9.59 Å². The third kappa shape index (κ3) is 3.42. The smallest absolute Gasteiger partial charge is 0.276 e. The summed E-state index contributed by atoms with van der Waals surface area (Å²) in [7, 11) is 0. The Kier molecular flexibility index (Phi) is 4.50. The van der Waals surface area contributed by atoms with Crippen LogP contribution in [0.1, 0.15) is 23.0 Å². The number of fused-ring (bicyclic) bond motifs is 1. The van der Waals surface area contributed by atoms with Crippen LogP contribution < -0.4 is 15.4 Å². The lowest BCUT2D eigenvalue weighted by Crippen LogP contribution is -2.34. The molecule has 0 fully saturated rings. The van der Waals surface area contributed by atoms with Gasteiger partial charge in [-0.25, -0.2) is 13.5 Å². The standard InChI is InChI=1S/C20H16F2N4O3/c1-10-9-26(18-13(21)4-3-5-14(18)22)25-17(10)20(28)23-12-6-7-16-15(8-12)24-19(27)11(2)29-16/h3-9,11H,1-2H3,(H,23,28)(H,24,27). The summed E-state index contributed by atoms with van der Waals surface area (Å²) >= 11 is 0. The molecule has 2 heterocycles. The van der Waals surface area contributed by atoms with Crippen molar-refractivity contribution in [1.82, 2.24) is 9.78 Å². The number of halogens is 2. The second-order valence-corrected chi connectivity index (χ2v) is 6.59. The lowest BCUT2D eigenvalue weighted by molar-refractivity contribution is -0.122. The minimum absolute atomic E-state index is 0.0132. The van der Waals surface area contributed by atoms with Crippen LogP contribution >= 0.6 is 0 Å². The molecule has 29 heavy (non-hydrogen) atoms.